The Morgan fingerprint density at radius 1 is 1.79 bits per heavy atom. The van der Waals surface area contributed by atoms with Gasteiger partial charge in [0.2, 0.25) is 0 Å². The van der Waals surface area contributed by atoms with E-state index >= 15 is 0 Å². The molecule has 0 aliphatic heterocycles. The number of nitrogens with zero attached hydrogens (tertiary/aromatic N) is 1. The van der Waals surface area contributed by atoms with Crippen LogP contribution in [0.5, 0.6) is 0 Å². The number of aromatic nitrogens is 1. The lowest BCUT2D eigenvalue weighted by Gasteiger charge is -2.10. The number of carbonyl (C=O) groups is 1. The second-order valence-electron chi connectivity index (χ2n) is 3.10. The lowest BCUT2D eigenvalue weighted by molar-refractivity contribution is 0.0935. The number of amides is 1. The maximum Gasteiger partial charge on any atom is 0.270 e. The van der Waals surface area contributed by atoms with Crippen LogP contribution in [0.15, 0.2) is 5.38 Å². The highest BCUT2D eigenvalue weighted by Crippen LogP contribution is 2.08. The fourth-order valence-electron chi connectivity index (χ4n) is 1.00. The van der Waals surface area contributed by atoms with Gasteiger partial charge in [-0.2, -0.15) is 0 Å². The minimum atomic E-state index is -0.0807. The zero-order valence-electron chi connectivity index (χ0n) is 8.21. The van der Waals surface area contributed by atoms with E-state index in [0.29, 0.717) is 5.69 Å². The SMILES string of the molecule is Cc1nc(C(=O)NC(C)CCBr)cs1. The van der Waals surface area contributed by atoms with Gasteiger partial charge in [0.1, 0.15) is 5.69 Å². The molecule has 1 rings (SSSR count). The molecule has 3 nitrogen and oxygen atoms in total. The molecule has 78 valence electrons. The molecule has 0 aliphatic rings. The molecule has 1 heterocycles. The summed E-state index contributed by atoms with van der Waals surface area (Å²) in [6.45, 7) is 3.88. The second-order valence-corrected chi connectivity index (χ2v) is 4.96. The monoisotopic (exact) mass is 276 g/mol. The summed E-state index contributed by atoms with van der Waals surface area (Å²) in [5, 5.41) is 6.48. The van der Waals surface area contributed by atoms with Crippen molar-refractivity contribution in [1.29, 1.82) is 0 Å². The van der Waals surface area contributed by atoms with Gasteiger partial charge in [-0.05, 0) is 20.3 Å². The van der Waals surface area contributed by atoms with Gasteiger partial charge in [0.15, 0.2) is 0 Å². The molecule has 14 heavy (non-hydrogen) atoms. The number of rotatable bonds is 4. The van der Waals surface area contributed by atoms with E-state index in [1.807, 2.05) is 13.8 Å². The molecular formula is C9H13BrN2OS. The van der Waals surface area contributed by atoms with Crippen molar-refractivity contribution in [2.75, 3.05) is 5.33 Å². The summed E-state index contributed by atoms with van der Waals surface area (Å²) in [6, 6.07) is 0.184. The maximum absolute atomic E-state index is 11.6. The molecule has 1 N–H and O–H groups in total. The lowest BCUT2D eigenvalue weighted by Crippen LogP contribution is -2.32. The summed E-state index contributed by atoms with van der Waals surface area (Å²) in [4.78, 5) is 15.7. The molecule has 1 aromatic heterocycles. The molecule has 0 saturated heterocycles. The van der Waals surface area contributed by atoms with Gasteiger partial charge < -0.3 is 5.32 Å². The van der Waals surface area contributed by atoms with E-state index in [4.69, 9.17) is 0 Å². The third kappa shape index (κ3) is 3.38. The number of alkyl halides is 1. The van der Waals surface area contributed by atoms with Gasteiger partial charge in [-0.25, -0.2) is 4.98 Å². The first-order valence-corrected chi connectivity index (χ1v) is 6.42. The topological polar surface area (TPSA) is 42.0 Å². The van der Waals surface area contributed by atoms with Crippen molar-refractivity contribution in [3.05, 3.63) is 16.1 Å². The first-order valence-electron chi connectivity index (χ1n) is 4.42. The first kappa shape index (κ1) is 11.7. The van der Waals surface area contributed by atoms with E-state index in [2.05, 4.69) is 26.2 Å². The molecule has 0 fully saturated rings. The van der Waals surface area contributed by atoms with Crippen LogP contribution >= 0.6 is 27.3 Å². The van der Waals surface area contributed by atoms with Crippen molar-refractivity contribution in [2.45, 2.75) is 26.3 Å². The van der Waals surface area contributed by atoms with Crippen molar-refractivity contribution in [3.8, 4) is 0 Å². The number of carbonyl (C=O) groups excluding carboxylic acids is 1. The molecule has 5 heteroatoms. The molecule has 0 saturated carbocycles. The largest absolute Gasteiger partial charge is 0.348 e. The fraction of sp³-hybridized carbons (Fsp3) is 0.556. The highest BCUT2D eigenvalue weighted by molar-refractivity contribution is 9.09. The Bertz CT molecular complexity index is 314. The normalized spacial score (nSPS) is 12.5. The molecule has 0 aliphatic carbocycles. The molecule has 1 atom stereocenters. The number of nitrogens with one attached hydrogen (secondary N) is 1. The van der Waals surface area contributed by atoms with Gasteiger partial charge in [-0.15, -0.1) is 11.3 Å². The van der Waals surface area contributed by atoms with Gasteiger partial charge in [-0.1, -0.05) is 15.9 Å². The Morgan fingerprint density at radius 2 is 2.50 bits per heavy atom. The summed E-state index contributed by atoms with van der Waals surface area (Å²) >= 11 is 4.83. The Morgan fingerprint density at radius 3 is 3.00 bits per heavy atom. The minimum Gasteiger partial charge on any atom is -0.348 e. The predicted octanol–water partition coefficient (Wildman–Crippen LogP) is 2.35. The third-order valence-electron chi connectivity index (χ3n) is 1.77. The number of thiazole rings is 1. The highest BCUT2D eigenvalue weighted by atomic mass is 79.9. The van der Waals surface area contributed by atoms with Crippen molar-refractivity contribution < 1.29 is 4.79 Å². The van der Waals surface area contributed by atoms with E-state index in [1.54, 1.807) is 5.38 Å². The van der Waals surface area contributed by atoms with Crippen molar-refractivity contribution >= 4 is 33.2 Å². The highest BCUT2D eigenvalue weighted by Gasteiger charge is 2.11. The summed E-state index contributed by atoms with van der Waals surface area (Å²) < 4.78 is 0. The second kappa shape index (κ2) is 5.46. The standard InChI is InChI=1S/C9H13BrN2OS/c1-6(3-4-10)11-9(13)8-5-14-7(2)12-8/h5-6H,3-4H2,1-2H3,(H,11,13). The summed E-state index contributed by atoms with van der Waals surface area (Å²) in [5.41, 5.74) is 0.522. The number of hydrogen-bond donors (Lipinski definition) is 1. The maximum atomic E-state index is 11.6. The van der Waals surface area contributed by atoms with Gasteiger partial charge in [-0.3, -0.25) is 4.79 Å². The predicted molar refractivity (Wildman–Crippen MR) is 62.2 cm³/mol. The smallest absolute Gasteiger partial charge is 0.270 e. The van der Waals surface area contributed by atoms with Gasteiger partial charge in [0, 0.05) is 16.8 Å². The molecule has 1 amide bonds. The van der Waals surface area contributed by atoms with Crippen LogP contribution in [0.2, 0.25) is 0 Å². The van der Waals surface area contributed by atoms with Crippen LogP contribution < -0.4 is 5.32 Å². The zero-order chi connectivity index (χ0) is 10.6. The first-order chi connectivity index (χ1) is 6.63. The molecule has 0 bridgehead atoms. The fourth-order valence-corrected chi connectivity index (χ4v) is 2.28. The number of hydrogen-bond acceptors (Lipinski definition) is 3. The van der Waals surface area contributed by atoms with E-state index in [-0.39, 0.29) is 11.9 Å². The van der Waals surface area contributed by atoms with Crippen LogP contribution in [0.3, 0.4) is 0 Å². The molecular weight excluding hydrogens is 264 g/mol. The number of aryl methyl sites for hydroxylation is 1. The molecule has 0 aromatic carbocycles. The average Bonchev–Trinajstić information content (AvgIpc) is 2.52. The van der Waals surface area contributed by atoms with Crippen LogP contribution in [0.25, 0.3) is 0 Å². The third-order valence-corrected chi connectivity index (χ3v) is 3.00. The van der Waals surface area contributed by atoms with Gasteiger partial charge >= 0.3 is 0 Å². The Kier molecular flexibility index (Phi) is 4.54. The molecule has 0 radical (unpaired) electrons. The Hall–Kier alpha value is -0.420. The Balaban J connectivity index is 2.50. The van der Waals surface area contributed by atoms with E-state index in [9.17, 15) is 4.79 Å². The van der Waals surface area contributed by atoms with E-state index in [0.717, 1.165) is 16.8 Å². The van der Waals surface area contributed by atoms with Crippen LogP contribution in [-0.2, 0) is 0 Å². The van der Waals surface area contributed by atoms with Crippen LogP contribution in [-0.4, -0.2) is 22.3 Å². The molecule has 1 unspecified atom stereocenters. The molecule has 1 aromatic rings. The quantitative estimate of drug-likeness (QED) is 0.858. The van der Waals surface area contributed by atoms with Gasteiger partial charge in [0.25, 0.3) is 5.91 Å². The van der Waals surface area contributed by atoms with Gasteiger partial charge in [0.05, 0.1) is 5.01 Å². The minimum absolute atomic E-state index is 0.0807. The van der Waals surface area contributed by atoms with Crippen molar-refractivity contribution in [3.63, 3.8) is 0 Å². The van der Waals surface area contributed by atoms with E-state index in [1.165, 1.54) is 11.3 Å². The number of halogens is 1. The zero-order valence-corrected chi connectivity index (χ0v) is 10.6. The van der Waals surface area contributed by atoms with Crippen molar-refractivity contribution in [2.24, 2.45) is 0 Å². The van der Waals surface area contributed by atoms with E-state index < -0.39 is 0 Å². The van der Waals surface area contributed by atoms with Crippen LogP contribution in [0, 0.1) is 6.92 Å². The Labute approximate surface area is 96.1 Å². The summed E-state index contributed by atoms with van der Waals surface area (Å²) in [6.07, 6.45) is 0.925. The van der Waals surface area contributed by atoms with Crippen molar-refractivity contribution in [1.82, 2.24) is 10.3 Å². The summed E-state index contributed by atoms with van der Waals surface area (Å²) in [7, 11) is 0. The summed E-state index contributed by atoms with van der Waals surface area (Å²) in [5.74, 6) is -0.0807. The molecule has 0 spiro atoms. The lowest BCUT2D eigenvalue weighted by atomic mass is 10.2. The van der Waals surface area contributed by atoms with Crippen LogP contribution in [0.1, 0.15) is 28.8 Å². The average molecular weight is 277 g/mol. The van der Waals surface area contributed by atoms with Crippen LogP contribution in [0.4, 0.5) is 0 Å².